The number of rotatable bonds is 6. The van der Waals surface area contributed by atoms with Crippen LogP contribution in [0.5, 0.6) is 0 Å². The second-order valence-corrected chi connectivity index (χ2v) is 5.13. The van der Waals surface area contributed by atoms with E-state index in [0.29, 0.717) is 12.5 Å². The maximum atomic E-state index is 13.4. The molecule has 1 atom stereocenters. The minimum Gasteiger partial charge on any atom is -0.387 e. The Morgan fingerprint density at radius 2 is 1.94 bits per heavy atom. The number of hydrogen-bond donors (Lipinski definition) is 1. The van der Waals surface area contributed by atoms with Crippen molar-refractivity contribution < 1.29 is 13.9 Å². The topological polar surface area (TPSA) is 23.5 Å². The van der Waals surface area contributed by atoms with E-state index < -0.39 is 17.7 Å². The second-order valence-electron chi connectivity index (χ2n) is 5.13. The van der Waals surface area contributed by atoms with Crippen LogP contribution in [0.1, 0.15) is 31.9 Å². The number of aliphatic hydroxyl groups is 1. The SMILES string of the molecule is CC(C)CCN(C)CC(O)c1cc(F)ccc1F. The quantitative estimate of drug-likeness (QED) is 0.847. The van der Waals surface area contributed by atoms with E-state index in [-0.39, 0.29) is 5.56 Å². The lowest BCUT2D eigenvalue weighted by Gasteiger charge is -2.21. The summed E-state index contributed by atoms with van der Waals surface area (Å²) in [6, 6.07) is 3.15. The van der Waals surface area contributed by atoms with E-state index in [4.69, 9.17) is 0 Å². The summed E-state index contributed by atoms with van der Waals surface area (Å²) in [6.07, 6.45) is 0.00680. The van der Waals surface area contributed by atoms with Gasteiger partial charge in [-0.3, -0.25) is 0 Å². The molecule has 0 saturated carbocycles. The monoisotopic (exact) mass is 257 g/mol. The molecule has 18 heavy (non-hydrogen) atoms. The lowest BCUT2D eigenvalue weighted by Crippen LogP contribution is -2.26. The molecular formula is C14H21F2NO. The zero-order valence-corrected chi connectivity index (χ0v) is 11.2. The molecule has 1 unspecified atom stereocenters. The van der Waals surface area contributed by atoms with Crippen LogP contribution in [0.25, 0.3) is 0 Å². The van der Waals surface area contributed by atoms with E-state index >= 15 is 0 Å². The predicted octanol–water partition coefficient (Wildman–Crippen LogP) is 2.98. The third-order valence-corrected chi connectivity index (χ3v) is 2.89. The molecule has 0 aliphatic heterocycles. The second kappa shape index (κ2) is 6.81. The molecule has 0 spiro atoms. The van der Waals surface area contributed by atoms with Gasteiger partial charge in [0.25, 0.3) is 0 Å². The van der Waals surface area contributed by atoms with Crippen LogP contribution in [0.15, 0.2) is 18.2 Å². The smallest absolute Gasteiger partial charge is 0.129 e. The minimum absolute atomic E-state index is 0.0198. The third kappa shape index (κ3) is 4.70. The summed E-state index contributed by atoms with van der Waals surface area (Å²) < 4.78 is 26.4. The molecule has 102 valence electrons. The van der Waals surface area contributed by atoms with E-state index in [1.165, 1.54) is 0 Å². The van der Waals surface area contributed by atoms with Gasteiger partial charge in [0.15, 0.2) is 0 Å². The Hall–Kier alpha value is -1.00. The summed E-state index contributed by atoms with van der Waals surface area (Å²) in [5, 5.41) is 9.91. The molecular weight excluding hydrogens is 236 g/mol. The van der Waals surface area contributed by atoms with E-state index in [9.17, 15) is 13.9 Å². The van der Waals surface area contributed by atoms with Gasteiger partial charge in [-0.2, -0.15) is 0 Å². The van der Waals surface area contributed by atoms with Crippen molar-refractivity contribution in [1.29, 1.82) is 0 Å². The molecule has 4 heteroatoms. The van der Waals surface area contributed by atoms with Crippen molar-refractivity contribution in [2.45, 2.75) is 26.4 Å². The zero-order valence-electron chi connectivity index (χ0n) is 11.2. The Bertz CT molecular complexity index is 382. The van der Waals surface area contributed by atoms with Crippen LogP contribution >= 0.6 is 0 Å². The Balaban J connectivity index is 2.58. The van der Waals surface area contributed by atoms with Crippen molar-refractivity contribution in [3.05, 3.63) is 35.4 Å². The first-order chi connectivity index (χ1) is 8.40. The predicted molar refractivity (Wildman–Crippen MR) is 68.3 cm³/mol. The van der Waals surface area contributed by atoms with Crippen LogP contribution in [0.3, 0.4) is 0 Å². The molecule has 2 nitrogen and oxygen atoms in total. The van der Waals surface area contributed by atoms with Gasteiger partial charge in [-0.05, 0) is 44.1 Å². The molecule has 0 fully saturated rings. The third-order valence-electron chi connectivity index (χ3n) is 2.89. The van der Waals surface area contributed by atoms with Crippen molar-refractivity contribution >= 4 is 0 Å². The first-order valence-corrected chi connectivity index (χ1v) is 6.21. The van der Waals surface area contributed by atoms with Gasteiger partial charge in [-0.25, -0.2) is 8.78 Å². The number of halogens is 2. The molecule has 0 bridgehead atoms. The standard InChI is InChI=1S/C14H21F2NO/c1-10(2)6-7-17(3)9-14(18)12-8-11(15)4-5-13(12)16/h4-5,8,10,14,18H,6-7,9H2,1-3H3. The fourth-order valence-electron chi connectivity index (χ4n) is 1.73. The van der Waals surface area contributed by atoms with Crippen LogP contribution in [0.2, 0.25) is 0 Å². The van der Waals surface area contributed by atoms with Gasteiger partial charge in [0.1, 0.15) is 11.6 Å². The molecule has 0 aliphatic carbocycles. The van der Waals surface area contributed by atoms with Gasteiger partial charge < -0.3 is 10.0 Å². The maximum Gasteiger partial charge on any atom is 0.129 e. The van der Waals surface area contributed by atoms with Crippen molar-refractivity contribution in [2.24, 2.45) is 5.92 Å². The lowest BCUT2D eigenvalue weighted by atomic mass is 10.1. The van der Waals surface area contributed by atoms with Gasteiger partial charge in [-0.1, -0.05) is 13.8 Å². The highest BCUT2D eigenvalue weighted by Crippen LogP contribution is 2.19. The van der Waals surface area contributed by atoms with Crippen LogP contribution in [-0.2, 0) is 0 Å². The number of aliphatic hydroxyl groups excluding tert-OH is 1. The molecule has 0 radical (unpaired) electrons. The first kappa shape index (κ1) is 15.1. The number of hydrogen-bond acceptors (Lipinski definition) is 2. The van der Waals surface area contributed by atoms with E-state index in [1.807, 2.05) is 11.9 Å². The Labute approximate surface area is 107 Å². The normalized spacial score (nSPS) is 13.3. The van der Waals surface area contributed by atoms with Crippen LogP contribution in [0, 0.1) is 17.6 Å². The average Bonchev–Trinajstić information content (AvgIpc) is 2.29. The highest BCUT2D eigenvalue weighted by molar-refractivity contribution is 5.21. The van der Waals surface area contributed by atoms with E-state index in [2.05, 4.69) is 13.8 Å². The molecule has 1 rings (SSSR count). The molecule has 1 aromatic rings. The van der Waals surface area contributed by atoms with Gasteiger partial charge in [-0.15, -0.1) is 0 Å². The van der Waals surface area contributed by atoms with Gasteiger partial charge in [0, 0.05) is 12.1 Å². The molecule has 1 aromatic carbocycles. The van der Waals surface area contributed by atoms with Crippen molar-refractivity contribution in [2.75, 3.05) is 20.1 Å². The summed E-state index contributed by atoms with van der Waals surface area (Å²) in [5.41, 5.74) is 0.0198. The van der Waals surface area contributed by atoms with Crippen LogP contribution in [-0.4, -0.2) is 30.1 Å². The Morgan fingerprint density at radius 3 is 2.56 bits per heavy atom. The molecule has 1 N–H and O–H groups in total. The van der Waals surface area contributed by atoms with Crippen molar-refractivity contribution in [3.8, 4) is 0 Å². The number of benzene rings is 1. The average molecular weight is 257 g/mol. The highest BCUT2D eigenvalue weighted by Gasteiger charge is 2.15. The van der Waals surface area contributed by atoms with Gasteiger partial charge in [0.2, 0.25) is 0 Å². The van der Waals surface area contributed by atoms with Crippen LogP contribution in [0.4, 0.5) is 8.78 Å². The largest absolute Gasteiger partial charge is 0.387 e. The zero-order chi connectivity index (χ0) is 13.7. The summed E-state index contributed by atoms with van der Waals surface area (Å²) in [6.45, 7) is 5.37. The summed E-state index contributed by atoms with van der Waals surface area (Å²) >= 11 is 0. The molecule has 0 saturated heterocycles. The first-order valence-electron chi connectivity index (χ1n) is 6.21. The molecule has 0 aromatic heterocycles. The summed E-state index contributed by atoms with van der Waals surface area (Å²) in [7, 11) is 1.86. The molecule has 0 aliphatic rings. The van der Waals surface area contributed by atoms with Crippen molar-refractivity contribution in [1.82, 2.24) is 4.90 Å². The maximum absolute atomic E-state index is 13.4. The Kier molecular flexibility index (Phi) is 5.69. The molecule has 0 amide bonds. The number of nitrogens with zero attached hydrogens (tertiary/aromatic N) is 1. The van der Waals surface area contributed by atoms with E-state index in [1.54, 1.807) is 0 Å². The highest BCUT2D eigenvalue weighted by atomic mass is 19.1. The number of likely N-dealkylation sites (N-methyl/N-ethyl adjacent to an activating group) is 1. The lowest BCUT2D eigenvalue weighted by molar-refractivity contribution is 0.120. The summed E-state index contributed by atoms with van der Waals surface area (Å²) in [5.74, 6) is -0.521. The van der Waals surface area contributed by atoms with E-state index in [0.717, 1.165) is 31.2 Å². The fourth-order valence-corrected chi connectivity index (χ4v) is 1.73. The minimum atomic E-state index is -1.00. The summed E-state index contributed by atoms with van der Waals surface area (Å²) in [4.78, 5) is 1.93. The fraction of sp³-hybridized carbons (Fsp3) is 0.571. The molecule has 0 heterocycles. The van der Waals surface area contributed by atoms with Crippen LogP contribution < -0.4 is 0 Å². The van der Waals surface area contributed by atoms with Crippen molar-refractivity contribution in [3.63, 3.8) is 0 Å². The van der Waals surface area contributed by atoms with Gasteiger partial charge >= 0.3 is 0 Å². The Morgan fingerprint density at radius 1 is 1.28 bits per heavy atom. The van der Waals surface area contributed by atoms with Gasteiger partial charge in [0.05, 0.1) is 6.10 Å².